The number of fused-ring (bicyclic) bond motifs is 6. The summed E-state index contributed by atoms with van der Waals surface area (Å²) in [6.45, 7) is 12.8. The molecule has 0 saturated heterocycles. The smallest absolute Gasteiger partial charge is 0.373 e. The lowest BCUT2D eigenvalue weighted by Gasteiger charge is -2.22. The Labute approximate surface area is 553 Å². The Morgan fingerprint density at radius 1 is 0.387 bits per heavy atom. The van der Waals surface area contributed by atoms with Crippen molar-refractivity contribution in [1.82, 2.24) is 16.0 Å². The van der Waals surface area contributed by atoms with Gasteiger partial charge in [-0.25, -0.2) is 25.3 Å². The minimum atomic E-state index is -3.63. The van der Waals surface area contributed by atoms with Crippen molar-refractivity contribution in [1.29, 1.82) is 0 Å². The molecule has 0 radical (unpaired) electrons. The van der Waals surface area contributed by atoms with Gasteiger partial charge in [0.2, 0.25) is 0 Å². The van der Waals surface area contributed by atoms with E-state index in [4.69, 9.17) is 24.3 Å². The maximum absolute atomic E-state index is 13.3. The molecular formula is C72H96N6O12S3. The Morgan fingerprint density at radius 3 is 0.903 bits per heavy atom. The van der Waals surface area contributed by atoms with Gasteiger partial charge in [0.1, 0.15) is 0 Å². The monoisotopic (exact) mass is 1330 g/mol. The van der Waals surface area contributed by atoms with Gasteiger partial charge >= 0.3 is 18.3 Å². The highest BCUT2D eigenvalue weighted by Crippen LogP contribution is 2.43. The van der Waals surface area contributed by atoms with Crippen molar-refractivity contribution in [2.45, 2.75) is 189 Å². The summed E-state index contributed by atoms with van der Waals surface area (Å²) in [5.41, 5.74) is 10.5. The number of carbonyl (C=O) groups excluding carboxylic acids is 4. The number of rotatable bonds is 26. The number of carbonyl (C=O) groups is 1. The molecule has 9 rings (SSSR count). The number of hydrogen-bond acceptors (Lipinski definition) is 14. The molecule has 3 heterocycles. The minimum absolute atomic E-state index is 0.122. The molecule has 21 heteroatoms. The number of hydrogen-bond donors (Lipinski definition) is 4. The summed E-state index contributed by atoms with van der Waals surface area (Å²) in [7, 11) is -5.87. The van der Waals surface area contributed by atoms with E-state index in [0.29, 0.717) is 20.4 Å². The second-order valence-electron chi connectivity index (χ2n) is 23.8. The summed E-state index contributed by atoms with van der Waals surface area (Å²) in [6, 6.07) is 40.1. The van der Waals surface area contributed by atoms with Gasteiger partial charge in [-0.3, -0.25) is 17.7 Å². The van der Waals surface area contributed by atoms with Crippen molar-refractivity contribution < 1.29 is 54.3 Å². The average molecular weight is 1330 g/mol. The number of nitrogens with one attached hydrogen (secondary N) is 3. The molecule has 0 spiro atoms. The summed E-state index contributed by atoms with van der Waals surface area (Å²) >= 11 is 0. The molecule has 3 aliphatic rings. The largest absolute Gasteiger partial charge is 0.481 e. The number of sulfonamides is 3. The van der Waals surface area contributed by atoms with Crippen LogP contribution >= 0.6 is 0 Å². The van der Waals surface area contributed by atoms with Crippen LogP contribution in [0.3, 0.4) is 0 Å². The Balaban J connectivity index is 0.000000243. The molecule has 3 unspecified atom stereocenters. The van der Waals surface area contributed by atoms with E-state index in [1.165, 1.54) is 77.1 Å². The predicted octanol–water partition coefficient (Wildman–Crippen LogP) is 13.8. The van der Waals surface area contributed by atoms with Crippen LogP contribution in [0.5, 0.6) is 0 Å². The van der Waals surface area contributed by atoms with Crippen molar-refractivity contribution >= 4 is 65.4 Å². The van der Waals surface area contributed by atoms with Crippen LogP contribution in [0.2, 0.25) is 0 Å². The maximum Gasteiger partial charge on any atom is 0.373 e. The van der Waals surface area contributed by atoms with Crippen molar-refractivity contribution in [3.63, 3.8) is 0 Å². The Morgan fingerprint density at radius 2 is 0.634 bits per heavy atom. The van der Waals surface area contributed by atoms with Gasteiger partial charge in [-0.2, -0.15) is 19.2 Å². The predicted molar refractivity (Wildman–Crippen MR) is 366 cm³/mol. The van der Waals surface area contributed by atoms with Crippen LogP contribution in [0.1, 0.15) is 204 Å². The fourth-order valence-corrected chi connectivity index (χ4v) is 16.6. The number of unbranched alkanes of at least 4 members (excludes halogenated alkanes) is 15. The summed E-state index contributed by atoms with van der Waals surface area (Å²) in [5, 5.41) is 19.6. The molecule has 0 aliphatic carbocycles. The number of benzene rings is 6. The summed E-state index contributed by atoms with van der Waals surface area (Å²) in [4.78, 5) is 44.2. The van der Waals surface area contributed by atoms with E-state index >= 15 is 0 Å². The van der Waals surface area contributed by atoms with Crippen molar-refractivity contribution in [3.8, 4) is 0 Å². The first-order valence-corrected chi connectivity index (χ1v) is 36.9. The zero-order chi connectivity index (χ0) is 68.1. The summed E-state index contributed by atoms with van der Waals surface area (Å²) in [5.74, 6) is -0.726. The fraction of sp³-hybridized carbons (Fsp3) is 0.458. The maximum atomic E-state index is 13.3. The molecule has 0 aromatic heterocycles. The molecule has 93 heavy (non-hydrogen) atoms. The second-order valence-corrected chi connectivity index (χ2v) is 29.7. The van der Waals surface area contributed by atoms with Crippen molar-refractivity contribution in [2.24, 2.45) is 0 Å². The van der Waals surface area contributed by atoms with E-state index in [2.05, 4.69) is 29.8 Å². The SMILES string of the molecule is CCCCCCCCCNC1c2ccccc2N(C)S(=O)(=O)c2cc(C)ccc21.CCCCCCCNC1c2ccccc2N(C)S(=O)(=O)c2cc(C)ccc21.Cc1ccc2c(c1)S(=O)(=O)N(C)c1ccccc1C2NCCCCCCCCC(=O)O.O=C=O.O=C=O. The number of carboxylic acid groups (broad SMARTS) is 1. The molecule has 504 valence electrons. The number of anilines is 3. The zero-order valence-electron chi connectivity index (χ0n) is 55.4. The molecule has 6 aromatic carbocycles. The van der Waals surface area contributed by atoms with E-state index in [1.807, 2.05) is 130 Å². The second kappa shape index (κ2) is 38.1. The zero-order valence-corrected chi connectivity index (χ0v) is 57.9. The van der Waals surface area contributed by atoms with Crippen LogP contribution < -0.4 is 28.9 Å². The van der Waals surface area contributed by atoms with Crippen LogP contribution in [0.4, 0.5) is 17.1 Å². The van der Waals surface area contributed by atoms with Crippen LogP contribution in [0.15, 0.2) is 142 Å². The fourth-order valence-electron chi connectivity index (χ4n) is 12.0. The first kappa shape index (κ1) is 76.4. The molecule has 3 aliphatic heterocycles. The van der Waals surface area contributed by atoms with E-state index < -0.39 is 36.0 Å². The van der Waals surface area contributed by atoms with Gasteiger partial charge in [0.15, 0.2) is 0 Å². The Kier molecular flexibility index (Phi) is 31.3. The van der Waals surface area contributed by atoms with Gasteiger partial charge in [0, 0.05) is 27.6 Å². The number of carboxylic acids is 1. The Hall–Kier alpha value is -7.32. The lowest BCUT2D eigenvalue weighted by atomic mass is 9.96. The third kappa shape index (κ3) is 20.8. The standard InChI is InChI=1S/C24H32N2O4S.C24H34N2O2S.C22H30N2O2S.2CO2/c1-18-14-15-20-22(17-18)31(29,30)26(2)21-12-9-8-11-19(21)24(20)25-16-10-6-4-3-5-7-13-23(27)28;1-4-5-6-7-8-9-12-17-25-24-20-13-10-11-14-22(20)26(3)29(27,28)23-18-19(2)15-16-21(23)24;1-4-5-6-7-10-15-23-22-18-11-8-9-12-20(18)24(3)27(25,26)21-16-17(2)13-14-19(21)22;2*2-1-3/h8-9,11-12,14-15,17,24-25H,3-7,10,13,16H2,1-2H3,(H,27,28);10-11,13-16,18,24-25H,4-9,12,17H2,1-3H3;8-9,11-14,16,22-23H,4-7,10,15H2,1-3H3;;. The van der Waals surface area contributed by atoms with Gasteiger partial charge in [0.25, 0.3) is 30.1 Å². The highest BCUT2D eigenvalue weighted by Gasteiger charge is 2.38. The highest BCUT2D eigenvalue weighted by atomic mass is 32.2. The third-order valence-corrected chi connectivity index (χ3v) is 22.5. The van der Waals surface area contributed by atoms with Gasteiger partial charge in [0.05, 0.1) is 49.9 Å². The molecule has 0 bridgehead atoms. The first-order valence-electron chi connectivity index (χ1n) is 32.5. The first-order chi connectivity index (χ1) is 44.6. The number of para-hydroxylation sites is 3. The van der Waals surface area contributed by atoms with Crippen LogP contribution in [-0.4, -0.2) is 89.4 Å². The summed E-state index contributed by atoms with van der Waals surface area (Å²) in [6.07, 6.45) is 21.5. The van der Waals surface area contributed by atoms with Gasteiger partial charge in [-0.1, -0.05) is 195 Å². The lowest BCUT2D eigenvalue weighted by Crippen LogP contribution is -2.26. The molecule has 3 atom stereocenters. The topological polar surface area (TPSA) is 254 Å². The van der Waals surface area contributed by atoms with E-state index in [0.717, 1.165) is 132 Å². The van der Waals surface area contributed by atoms with Gasteiger partial charge in [-0.15, -0.1) is 0 Å². The molecule has 18 nitrogen and oxygen atoms in total. The number of aryl methyl sites for hydroxylation is 3. The van der Waals surface area contributed by atoms with Crippen molar-refractivity contribution in [2.75, 3.05) is 53.7 Å². The highest BCUT2D eigenvalue weighted by molar-refractivity contribution is 7.93. The normalized spacial score (nSPS) is 16.5. The third-order valence-electron chi connectivity index (χ3n) is 17.0. The number of nitrogens with zero attached hydrogens (tertiary/aromatic N) is 3. The van der Waals surface area contributed by atoms with Crippen LogP contribution in [0, 0.1) is 20.8 Å². The molecule has 0 fully saturated rings. The average Bonchev–Trinajstić information content (AvgIpc) is 1.64. The molecule has 4 N–H and O–H groups in total. The molecule has 0 amide bonds. The van der Waals surface area contributed by atoms with Crippen LogP contribution in [0.25, 0.3) is 0 Å². The molecule has 0 saturated carbocycles. The van der Waals surface area contributed by atoms with Crippen LogP contribution in [-0.2, 0) is 54.0 Å². The minimum Gasteiger partial charge on any atom is -0.481 e. The van der Waals surface area contributed by atoms with E-state index in [1.54, 1.807) is 39.3 Å². The summed E-state index contributed by atoms with van der Waals surface area (Å²) < 4.78 is 83.8. The van der Waals surface area contributed by atoms with E-state index in [-0.39, 0.29) is 36.8 Å². The van der Waals surface area contributed by atoms with Crippen molar-refractivity contribution in [3.05, 3.63) is 177 Å². The lowest BCUT2D eigenvalue weighted by molar-refractivity contribution is -0.193. The van der Waals surface area contributed by atoms with Gasteiger partial charge in [-0.05, 0) is 153 Å². The quantitative estimate of drug-likeness (QED) is 0.0368. The molecular weight excluding hydrogens is 1240 g/mol. The number of aliphatic carboxylic acids is 1. The Bertz CT molecular complexity index is 3780. The van der Waals surface area contributed by atoms with E-state index in [9.17, 15) is 30.0 Å². The van der Waals surface area contributed by atoms with Gasteiger partial charge < -0.3 is 21.1 Å². The molecule has 6 aromatic rings.